The molecule has 0 aromatic heterocycles. The highest BCUT2D eigenvalue weighted by molar-refractivity contribution is 6.30. The van der Waals surface area contributed by atoms with Gasteiger partial charge in [0, 0.05) is 34.2 Å². The van der Waals surface area contributed by atoms with Crippen LogP contribution in [0.3, 0.4) is 0 Å². The number of ether oxygens (including phenoxy) is 2. The SMILES string of the molecule is COc1ccc([C@@]23CCC(=NNC(=O)c4ccc(Cl)cc4)C[C@@H]2N(C)CC3)cc1OC. The van der Waals surface area contributed by atoms with E-state index < -0.39 is 0 Å². The fraction of sp³-hybridized carbons (Fsp3) is 0.417. The Morgan fingerprint density at radius 2 is 1.87 bits per heavy atom. The summed E-state index contributed by atoms with van der Waals surface area (Å²) in [5.41, 5.74) is 5.62. The van der Waals surface area contributed by atoms with E-state index in [9.17, 15) is 4.79 Å². The van der Waals surface area contributed by atoms with Crippen LogP contribution in [0.2, 0.25) is 5.02 Å². The van der Waals surface area contributed by atoms with Gasteiger partial charge in [-0.1, -0.05) is 17.7 Å². The van der Waals surface area contributed by atoms with Crippen LogP contribution in [0.15, 0.2) is 47.6 Å². The lowest BCUT2D eigenvalue weighted by Gasteiger charge is -2.42. The molecule has 1 heterocycles. The molecule has 1 amide bonds. The van der Waals surface area contributed by atoms with Gasteiger partial charge in [0.2, 0.25) is 0 Å². The second-order valence-corrected chi connectivity index (χ2v) is 8.74. The molecule has 4 rings (SSSR count). The van der Waals surface area contributed by atoms with Gasteiger partial charge >= 0.3 is 0 Å². The van der Waals surface area contributed by atoms with Crippen LogP contribution in [0, 0.1) is 0 Å². The first-order valence-electron chi connectivity index (χ1n) is 10.5. The van der Waals surface area contributed by atoms with E-state index in [4.69, 9.17) is 21.1 Å². The Labute approximate surface area is 188 Å². The maximum atomic E-state index is 12.4. The molecule has 7 heteroatoms. The van der Waals surface area contributed by atoms with Gasteiger partial charge in [-0.3, -0.25) is 4.79 Å². The third-order valence-electron chi connectivity index (χ3n) is 6.75. The molecule has 1 saturated heterocycles. The molecule has 1 N–H and O–H groups in total. The number of nitrogens with one attached hydrogen (secondary N) is 1. The molecule has 0 bridgehead atoms. The Bertz CT molecular complexity index is 992. The third kappa shape index (κ3) is 4.14. The summed E-state index contributed by atoms with van der Waals surface area (Å²) in [7, 11) is 5.50. The molecule has 0 spiro atoms. The van der Waals surface area contributed by atoms with Crippen molar-refractivity contribution in [1.82, 2.24) is 10.3 Å². The number of hydrogen-bond acceptors (Lipinski definition) is 5. The first-order valence-corrected chi connectivity index (χ1v) is 10.9. The molecule has 164 valence electrons. The van der Waals surface area contributed by atoms with E-state index >= 15 is 0 Å². The van der Waals surface area contributed by atoms with E-state index in [0.29, 0.717) is 16.6 Å². The lowest BCUT2D eigenvalue weighted by Crippen LogP contribution is -2.46. The van der Waals surface area contributed by atoms with Crippen molar-refractivity contribution < 1.29 is 14.3 Å². The predicted molar refractivity (Wildman–Crippen MR) is 122 cm³/mol. The summed E-state index contributed by atoms with van der Waals surface area (Å²) < 4.78 is 11.0. The van der Waals surface area contributed by atoms with Crippen LogP contribution in [-0.2, 0) is 5.41 Å². The van der Waals surface area contributed by atoms with Crippen LogP contribution in [0.4, 0.5) is 0 Å². The summed E-state index contributed by atoms with van der Waals surface area (Å²) in [6, 6.07) is 13.4. The standard InChI is InChI=1S/C24H28ClN3O3/c1-28-13-12-24(17-6-9-20(30-2)21(14-17)31-3)11-10-19(15-22(24)28)26-27-23(29)16-4-7-18(25)8-5-16/h4-9,14,22H,10-13,15H2,1-3H3,(H,27,29)/t22-,24-/m0/s1. The first-order chi connectivity index (χ1) is 15.0. The summed E-state index contributed by atoms with van der Waals surface area (Å²) in [4.78, 5) is 14.8. The lowest BCUT2D eigenvalue weighted by molar-refractivity contribution is 0.0954. The van der Waals surface area contributed by atoms with Gasteiger partial charge in [-0.05, 0) is 74.8 Å². The molecular weight excluding hydrogens is 414 g/mol. The van der Waals surface area contributed by atoms with E-state index in [2.05, 4.69) is 34.6 Å². The second-order valence-electron chi connectivity index (χ2n) is 8.30. The average Bonchev–Trinajstić information content (AvgIpc) is 3.14. The van der Waals surface area contributed by atoms with Crippen LogP contribution in [0.5, 0.6) is 11.5 Å². The molecule has 1 saturated carbocycles. The molecule has 31 heavy (non-hydrogen) atoms. The van der Waals surface area contributed by atoms with Crippen LogP contribution in [0.25, 0.3) is 0 Å². The predicted octanol–water partition coefficient (Wildman–Crippen LogP) is 4.27. The minimum Gasteiger partial charge on any atom is -0.493 e. The molecule has 2 atom stereocenters. The minimum absolute atomic E-state index is 0.0491. The normalized spacial score (nSPS) is 24.6. The van der Waals surface area contributed by atoms with Crippen molar-refractivity contribution in [3.05, 3.63) is 58.6 Å². The van der Waals surface area contributed by atoms with E-state index in [1.54, 1.807) is 38.5 Å². The molecule has 2 fully saturated rings. The zero-order valence-corrected chi connectivity index (χ0v) is 18.9. The highest BCUT2D eigenvalue weighted by Crippen LogP contribution is 2.49. The molecule has 1 aliphatic heterocycles. The number of methoxy groups -OCH3 is 2. The largest absolute Gasteiger partial charge is 0.493 e. The Morgan fingerprint density at radius 1 is 1.13 bits per heavy atom. The van der Waals surface area contributed by atoms with Gasteiger partial charge in [0.25, 0.3) is 5.91 Å². The van der Waals surface area contributed by atoms with Crippen LogP contribution in [0.1, 0.15) is 41.6 Å². The Kier molecular flexibility index (Phi) is 6.21. The molecule has 2 aliphatic rings. The van der Waals surface area contributed by atoms with Gasteiger partial charge in [0.15, 0.2) is 11.5 Å². The van der Waals surface area contributed by atoms with Gasteiger partial charge in [-0.2, -0.15) is 5.10 Å². The summed E-state index contributed by atoms with van der Waals surface area (Å²) in [6.45, 7) is 1.03. The number of halogens is 1. The number of hydrogen-bond donors (Lipinski definition) is 1. The van der Waals surface area contributed by atoms with Gasteiger partial charge in [0.1, 0.15) is 0 Å². The van der Waals surface area contributed by atoms with Crippen molar-refractivity contribution in [1.29, 1.82) is 0 Å². The highest BCUT2D eigenvalue weighted by atomic mass is 35.5. The van der Waals surface area contributed by atoms with Crippen molar-refractivity contribution in [3.8, 4) is 11.5 Å². The Balaban J connectivity index is 1.53. The molecule has 6 nitrogen and oxygen atoms in total. The molecule has 0 radical (unpaired) electrons. The van der Waals surface area contributed by atoms with E-state index in [-0.39, 0.29) is 11.3 Å². The number of likely N-dealkylation sites (N-methyl/N-ethyl adjacent to an activating group) is 1. The van der Waals surface area contributed by atoms with Crippen molar-refractivity contribution >= 4 is 23.2 Å². The number of fused-ring (bicyclic) bond motifs is 1. The van der Waals surface area contributed by atoms with Gasteiger partial charge in [-0.25, -0.2) is 5.43 Å². The smallest absolute Gasteiger partial charge is 0.271 e. The van der Waals surface area contributed by atoms with Gasteiger partial charge < -0.3 is 14.4 Å². The summed E-state index contributed by atoms with van der Waals surface area (Å²) in [5, 5.41) is 5.08. The molecule has 1 aliphatic carbocycles. The number of benzene rings is 2. The molecular formula is C24H28ClN3O3. The maximum absolute atomic E-state index is 12.4. The quantitative estimate of drug-likeness (QED) is 0.704. The Morgan fingerprint density at radius 3 is 2.58 bits per heavy atom. The lowest BCUT2D eigenvalue weighted by atomic mass is 9.65. The number of nitrogens with zero attached hydrogens (tertiary/aromatic N) is 2. The number of carbonyl (C=O) groups excluding carboxylic acids is 1. The fourth-order valence-electron chi connectivity index (χ4n) is 4.98. The van der Waals surface area contributed by atoms with Crippen molar-refractivity contribution in [2.75, 3.05) is 27.8 Å². The van der Waals surface area contributed by atoms with Crippen LogP contribution < -0.4 is 14.9 Å². The molecule has 2 aromatic carbocycles. The van der Waals surface area contributed by atoms with Crippen LogP contribution in [-0.4, -0.2) is 50.4 Å². The second kappa shape index (κ2) is 8.89. The summed E-state index contributed by atoms with van der Waals surface area (Å²) >= 11 is 5.90. The van der Waals surface area contributed by atoms with Crippen LogP contribution >= 0.6 is 11.6 Å². The van der Waals surface area contributed by atoms with E-state index in [1.807, 2.05) is 6.07 Å². The van der Waals surface area contributed by atoms with Crippen molar-refractivity contribution in [2.45, 2.75) is 37.1 Å². The molecule has 0 unspecified atom stereocenters. The number of likely N-dealkylation sites (tertiary alicyclic amines) is 1. The van der Waals surface area contributed by atoms with E-state index in [0.717, 1.165) is 49.4 Å². The fourth-order valence-corrected chi connectivity index (χ4v) is 5.11. The highest BCUT2D eigenvalue weighted by Gasteiger charge is 2.49. The number of carbonyl (C=O) groups is 1. The number of rotatable bonds is 5. The maximum Gasteiger partial charge on any atom is 0.271 e. The summed E-state index contributed by atoms with van der Waals surface area (Å²) in [6.07, 6.45) is 3.74. The monoisotopic (exact) mass is 441 g/mol. The first kappa shape index (κ1) is 21.7. The van der Waals surface area contributed by atoms with Crippen molar-refractivity contribution in [3.63, 3.8) is 0 Å². The number of hydrazone groups is 1. The topological polar surface area (TPSA) is 63.2 Å². The third-order valence-corrected chi connectivity index (χ3v) is 7.00. The molecule has 2 aromatic rings. The van der Waals surface area contributed by atoms with Gasteiger partial charge in [-0.15, -0.1) is 0 Å². The minimum atomic E-state index is -0.222. The Hall–Kier alpha value is -2.57. The van der Waals surface area contributed by atoms with E-state index in [1.165, 1.54) is 5.56 Å². The zero-order valence-electron chi connectivity index (χ0n) is 18.2. The number of amides is 1. The van der Waals surface area contributed by atoms with Gasteiger partial charge in [0.05, 0.1) is 14.2 Å². The van der Waals surface area contributed by atoms with Crippen molar-refractivity contribution in [2.24, 2.45) is 5.10 Å². The zero-order chi connectivity index (χ0) is 22.0. The summed E-state index contributed by atoms with van der Waals surface area (Å²) in [5.74, 6) is 1.28. The average molecular weight is 442 g/mol.